The predicted octanol–water partition coefficient (Wildman–Crippen LogP) is 2.07. The van der Waals surface area contributed by atoms with Crippen molar-refractivity contribution < 1.29 is 5.11 Å². The molecule has 6 heteroatoms. The summed E-state index contributed by atoms with van der Waals surface area (Å²) in [6, 6.07) is 5.14. The van der Waals surface area contributed by atoms with Crippen molar-refractivity contribution >= 4 is 24.0 Å². The lowest BCUT2D eigenvalue weighted by Crippen LogP contribution is -2.12. The summed E-state index contributed by atoms with van der Waals surface area (Å²) in [4.78, 5) is 0. The number of phenolic OH excluding ortho intramolecular Hbond substituents is 1. The second-order valence-electron chi connectivity index (χ2n) is 3.75. The molecule has 0 aliphatic rings. The maximum absolute atomic E-state index is 9.60. The zero-order valence-electron chi connectivity index (χ0n) is 8.77. The van der Waals surface area contributed by atoms with Gasteiger partial charge in [-0.15, -0.1) is 0 Å². The maximum atomic E-state index is 9.60. The fourth-order valence-corrected chi connectivity index (χ4v) is 2.15. The molecule has 4 nitrogen and oxygen atoms in total. The first-order valence-corrected chi connectivity index (χ1v) is 7.52. The van der Waals surface area contributed by atoms with Gasteiger partial charge in [-0.05, 0) is 41.5 Å². The van der Waals surface area contributed by atoms with Gasteiger partial charge in [0, 0.05) is 5.69 Å². The lowest BCUT2D eigenvalue weighted by Gasteiger charge is -2.16. The topological polar surface area (TPSA) is 84.3 Å². The molecule has 0 amide bonds. The van der Waals surface area contributed by atoms with Crippen molar-refractivity contribution in [1.29, 1.82) is 0 Å². The minimum absolute atomic E-state index is 0.236. The summed E-state index contributed by atoms with van der Waals surface area (Å²) in [7, 11) is 0. The van der Waals surface area contributed by atoms with Crippen LogP contribution in [0.3, 0.4) is 0 Å². The third-order valence-corrected chi connectivity index (χ3v) is 2.83. The van der Waals surface area contributed by atoms with E-state index in [1.54, 1.807) is 12.1 Å². The molecule has 15 heavy (non-hydrogen) atoms. The van der Waals surface area contributed by atoms with Crippen LogP contribution in [0.15, 0.2) is 18.2 Å². The molecule has 1 aromatic rings. The molecule has 6 N–H and O–H groups in total. The molecule has 0 saturated heterocycles. The molecule has 0 spiro atoms. The van der Waals surface area contributed by atoms with Gasteiger partial charge in [-0.2, -0.15) is 0 Å². The van der Waals surface area contributed by atoms with E-state index in [0.29, 0.717) is 0 Å². The molecule has 1 rings (SSSR count). The Balaban J connectivity index is 3.03. The minimum atomic E-state index is -2.45. The van der Waals surface area contributed by atoms with E-state index in [1.807, 2.05) is 19.9 Å². The van der Waals surface area contributed by atoms with Gasteiger partial charge in [0.15, 0.2) is 6.49 Å². The van der Waals surface area contributed by atoms with Crippen molar-refractivity contribution in [2.75, 3.05) is 5.09 Å². The highest BCUT2D eigenvalue weighted by Gasteiger charge is 2.09. The van der Waals surface area contributed by atoms with Gasteiger partial charge in [-0.25, -0.2) is 0 Å². The number of hydrogen-bond acceptors (Lipinski definition) is 2. The van der Waals surface area contributed by atoms with Crippen molar-refractivity contribution in [1.82, 2.24) is 0 Å². The molecule has 0 aliphatic heterocycles. The summed E-state index contributed by atoms with van der Waals surface area (Å²) >= 11 is 4.90. The van der Waals surface area contributed by atoms with Gasteiger partial charge in [-0.3, -0.25) is 11.0 Å². The van der Waals surface area contributed by atoms with Crippen molar-refractivity contribution in [3.05, 3.63) is 23.8 Å². The molecule has 0 unspecified atom stereocenters. The first-order valence-electron chi connectivity index (χ1n) is 4.58. The van der Waals surface area contributed by atoms with Crippen LogP contribution in [0.5, 0.6) is 5.75 Å². The molecule has 0 atom stereocenters. The lowest BCUT2D eigenvalue weighted by molar-refractivity contribution is 0.465. The second-order valence-corrected chi connectivity index (χ2v) is 7.20. The summed E-state index contributed by atoms with van der Waals surface area (Å²) in [6.07, 6.45) is 0. The first kappa shape index (κ1) is 12.5. The van der Waals surface area contributed by atoms with E-state index in [4.69, 9.17) is 22.8 Å². The Morgan fingerprint density at radius 2 is 2.00 bits per heavy atom. The molecule has 0 aromatic heterocycles. The standard InChI is InChI=1S/C9H16N3OPS/c1-6(2)8-5-7(3-4-9(8)13)12-14(10,11)15/h3-6,13H,1-2H3,(H5,10,11,12,15). The van der Waals surface area contributed by atoms with E-state index in [-0.39, 0.29) is 11.7 Å². The molecular formula is C9H16N3OPS. The van der Waals surface area contributed by atoms with Gasteiger partial charge in [0.25, 0.3) is 0 Å². The summed E-state index contributed by atoms with van der Waals surface area (Å²) in [5.74, 6) is 0.512. The van der Waals surface area contributed by atoms with Crippen LogP contribution in [0, 0.1) is 0 Å². The maximum Gasteiger partial charge on any atom is 0.156 e. The number of anilines is 1. The third-order valence-electron chi connectivity index (χ3n) is 1.95. The molecule has 0 aliphatic carbocycles. The zero-order valence-corrected chi connectivity index (χ0v) is 10.5. The van der Waals surface area contributed by atoms with Crippen LogP contribution in [0.25, 0.3) is 0 Å². The summed E-state index contributed by atoms with van der Waals surface area (Å²) in [5, 5.41) is 12.5. The zero-order chi connectivity index (χ0) is 11.6. The SMILES string of the molecule is CC(C)c1cc(NP(N)(N)=S)ccc1O. The number of benzene rings is 1. The Hall–Kier alpha value is -0.610. The van der Waals surface area contributed by atoms with E-state index in [9.17, 15) is 5.11 Å². The second kappa shape index (κ2) is 4.49. The molecular weight excluding hydrogens is 229 g/mol. The fraction of sp³-hybridized carbons (Fsp3) is 0.333. The Morgan fingerprint density at radius 1 is 1.40 bits per heavy atom. The van der Waals surface area contributed by atoms with Crippen LogP contribution in [-0.2, 0) is 11.8 Å². The predicted molar refractivity (Wildman–Crippen MR) is 68.5 cm³/mol. The molecule has 0 radical (unpaired) electrons. The van der Waals surface area contributed by atoms with Crippen LogP contribution in [0.4, 0.5) is 5.69 Å². The molecule has 0 heterocycles. The largest absolute Gasteiger partial charge is 0.508 e. The molecule has 0 saturated carbocycles. The smallest absolute Gasteiger partial charge is 0.156 e. The van der Waals surface area contributed by atoms with Gasteiger partial charge >= 0.3 is 0 Å². The van der Waals surface area contributed by atoms with Crippen LogP contribution in [0.2, 0.25) is 0 Å². The average molecular weight is 245 g/mol. The van der Waals surface area contributed by atoms with E-state index in [1.165, 1.54) is 0 Å². The van der Waals surface area contributed by atoms with Crippen LogP contribution >= 0.6 is 6.49 Å². The van der Waals surface area contributed by atoms with E-state index >= 15 is 0 Å². The molecule has 84 valence electrons. The van der Waals surface area contributed by atoms with Crippen LogP contribution in [0.1, 0.15) is 25.3 Å². The Morgan fingerprint density at radius 3 is 2.47 bits per heavy atom. The number of nitrogens with one attached hydrogen (secondary N) is 1. The molecule has 0 fully saturated rings. The number of aromatic hydroxyl groups is 1. The third kappa shape index (κ3) is 3.80. The van der Waals surface area contributed by atoms with E-state index in [2.05, 4.69) is 5.09 Å². The Kier molecular flexibility index (Phi) is 3.73. The van der Waals surface area contributed by atoms with Crippen molar-refractivity contribution in [3.8, 4) is 5.75 Å². The van der Waals surface area contributed by atoms with Gasteiger partial charge in [0.1, 0.15) is 5.75 Å². The first-order chi connectivity index (χ1) is 6.79. The average Bonchev–Trinajstić information content (AvgIpc) is 2.05. The highest BCUT2D eigenvalue weighted by Crippen LogP contribution is 2.33. The highest BCUT2D eigenvalue weighted by atomic mass is 32.4. The van der Waals surface area contributed by atoms with Gasteiger partial charge in [0.2, 0.25) is 0 Å². The van der Waals surface area contributed by atoms with Crippen molar-refractivity contribution in [2.24, 2.45) is 11.0 Å². The highest BCUT2D eigenvalue weighted by molar-refractivity contribution is 8.13. The Labute approximate surface area is 94.8 Å². The van der Waals surface area contributed by atoms with Gasteiger partial charge in [-0.1, -0.05) is 13.8 Å². The van der Waals surface area contributed by atoms with E-state index in [0.717, 1.165) is 11.3 Å². The fourth-order valence-electron chi connectivity index (χ4n) is 1.29. The molecule has 0 bridgehead atoms. The van der Waals surface area contributed by atoms with E-state index < -0.39 is 6.49 Å². The van der Waals surface area contributed by atoms with Crippen LogP contribution in [-0.4, -0.2) is 5.11 Å². The number of nitrogens with two attached hydrogens (primary N) is 2. The van der Waals surface area contributed by atoms with Gasteiger partial charge in [0.05, 0.1) is 0 Å². The van der Waals surface area contributed by atoms with Crippen molar-refractivity contribution in [3.63, 3.8) is 0 Å². The normalized spacial score (nSPS) is 11.8. The monoisotopic (exact) mass is 245 g/mol. The minimum Gasteiger partial charge on any atom is -0.508 e. The Bertz CT molecular complexity index is 402. The summed E-state index contributed by atoms with van der Waals surface area (Å²) in [6.45, 7) is 1.55. The molecule has 1 aromatic carbocycles. The summed E-state index contributed by atoms with van der Waals surface area (Å²) in [5.41, 5.74) is 12.7. The van der Waals surface area contributed by atoms with Gasteiger partial charge < -0.3 is 10.2 Å². The van der Waals surface area contributed by atoms with Crippen LogP contribution < -0.4 is 16.1 Å². The van der Waals surface area contributed by atoms with Crippen molar-refractivity contribution in [2.45, 2.75) is 19.8 Å². The lowest BCUT2D eigenvalue weighted by atomic mass is 10.0. The number of hydrogen-bond donors (Lipinski definition) is 4. The summed E-state index contributed by atoms with van der Waals surface area (Å²) < 4.78 is 0. The number of phenols is 1. The quantitative estimate of drug-likeness (QED) is 0.484. The number of rotatable bonds is 3.